The number of primary amides is 1. The van der Waals surface area contributed by atoms with Gasteiger partial charge in [0.05, 0.1) is 0 Å². The van der Waals surface area contributed by atoms with E-state index in [1.807, 2.05) is 0 Å². The maximum Gasteiger partial charge on any atom is 0.370 e. The molecule has 0 radical (unpaired) electrons. The first-order valence-corrected chi connectivity index (χ1v) is 1.33. The van der Waals surface area contributed by atoms with Crippen LogP contribution in [0.5, 0.6) is 0 Å². The first kappa shape index (κ1) is 10.2. The zero-order chi connectivity index (χ0) is 5.86. The Morgan fingerprint density at radius 1 is 1.75 bits per heavy atom. The van der Waals surface area contributed by atoms with Crippen LogP contribution in [0.25, 0.3) is 0 Å². The van der Waals surface area contributed by atoms with E-state index in [0.29, 0.717) is 0 Å². The van der Waals surface area contributed by atoms with Gasteiger partial charge >= 0.3 is 6.03 Å². The second kappa shape index (κ2) is 4.26. The molecular formula is CH6N3O3P. The number of amides is 2. The average Bonchev–Trinajstić information content (AvgIpc) is 1.27. The first-order chi connectivity index (χ1) is 3.13. The maximum atomic E-state index is 9.48. The van der Waals surface area contributed by atoms with Crippen LogP contribution >= 0.6 is 9.90 Å². The molecule has 0 aliphatic heterocycles. The highest BCUT2D eigenvalue weighted by Crippen LogP contribution is 1.53. The largest absolute Gasteiger partial charge is 0.370 e. The van der Waals surface area contributed by atoms with Crippen LogP contribution in [0.2, 0.25) is 0 Å². The molecule has 3 N–H and O–H groups in total. The summed E-state index contributed by atoms with van der Waals surface area (Å²) in [5.74, 6) is 0. The molecule has 48 valence electrons. The smallest absolute Gasteiger partial charge is 0.347 e. The van der Waals surface area contributed by atoms with Crippen molar-refractivity contribution < 1.29 is 9.83 Å². The van der Waals surface area contributed by atoms with E-state index in [1.165, 1.54) is 5.43 Å². The third kappa shape index (κ3) is 8.92. The summed E-state index contributed by atoms with van der Waals surface area (Å²) in [5, 5.41) is 8.18. The Labute approximate surface area is 48.2 Å². The van der Waals surface area contributed by atoms with Gasteiger partial charge in [-0.2, -0.15) is 9.90 Å². The van der Waals surface area contributed by atoms with Gasteiger partial charge in [0.1, 0.15) is 0 Å². The van der Waals surface area contributed by atoms with E-state index >= 15 is 0 Å². The molecule has 0 heterocycles. The number of hydrogen-bond donors (Lipinski definition) is 2. The molecule has 0 rings (SSSR count). The molecule has 0 bridgehead atoms. The van der Waals surface area contributed by atoms with E-state index in [2.05, 4.69) is 5.73 Å². The first-order valence-electron chi connectivity index (χ1n) is 1.33. The minimum absolute atomic E-state index is 0. The molecular weight excluding hydrogens is 133 g/mol. The third-order valence-electron chi connectivity index (χ3n) is 0.201. The van der Waals surface area contributed by atoms with Gasteiger partial charge < -0.3 is 5.73 Å². The molecule has 0 aromatic carbocycles. The number of nitrogens with zero attached hydrogens (tertiary/aromatic N) is 1. The van der Waals surface area contributed by atoms with Crippen molar-refractivity contribution in [1.82, 2.24) is 5.43 Å². The molecule has 6 nitrogen and oxygen atoms in total. The summed E-state index contributed by atoms with van der Waals surface area (Å²) >= 11 is 0. The number of carbonyl (C=O) groups is 1. The lowest BCUT2D eigenvalue weighted by Gasteiger charge is -1.83. The van der Waals surface area contributed by atoms with Crippen molar-refractivity contribution in [1.29, 1.82) is 0 Å². The van der Waals surface area contributed by atoms with Gasteiger partial charge in [0.15, 0.2) is 5.03 Å². The molecule has 0 saturated heterocycles. The van der Waals surface area contributed by atoms with Gasteiger partial charge in [-0.1, -0.05) is 5.43 Å². The lowest BCUT2D eigenvalue weighted by atomic mass is 11.2. The molecule has 0 aromatic rings. The van der Waals surface area contributed by atoms with Crippen LogP contribution < -0.4 is 11.2 Å². The topological polar surface area (TPSA) is 98.3 Å². The molecule has 1 atom stereocenters. The molecule has 8 heavy (non-hydrogen) atoms. The second-order valence-corrected chi connectivity index (χ2v) is 0.733. The number of carbonyl (C=O) groups excluding carboxylic acids is 1. The van der Waals surface area contributed by atoms with E-state index in [-0.39, 0.29) is 9.90 Å². The van der Waals surface area contributed by atoms with Crippen LogP contribution in [0.15, 0.2) is 0 Å². The summed E-state index contributed by atoms with van der Waals surface area (Å²) < 4.78 is 0. The fourth-order valence-electron chi connectivity index (χ4n) is 0.0900. The lowest BCUT2D eigenvalue weighted by molar-refractivity contribution is -0.527. The molecule has 1 unspecified atom stereocenters. The van der Waals surface area contributed by atoms with Crippen LogP contribution in [0, 0.1) is 10.1 Å². The van der Waals surface area contributed by atoms with Crippen LogP contribution in [0.4, 0.5) is 4.79 Å². The molecule has 0 saturated carbocycles. The summed E-state index contributed by atoms with van der Waals surface area (Å²) in [7, 11) is 0. The van der Waals surface area contributed by atoms with Gasteiger partial charge in [-0.15, -0.1) is 0 Å². The van der Waals surface area contributed by atoms with Gasteiger partial charge in [0, 0.05) is 0 Å². The Balaban J connectivity index is 0. The molecule has 0 aliphatic rings. The van der Waals surface area contributed by atoms with Crippen molar-refractivity contribution in [3.8, 4) is 0 Å². The summed E-state index contributed by atoms with van der Waals surface area (Å²) in [4.78, 5) is 18.7. The van der Waals surface area contributed by atoms with E-state index in [9.17, 15) is 14.9 Å². The third-order valence-corrected chi connectivity index (χ3v) is 0.201. The number of nitrogens with one attached hydrogen (secondary N) is 1. The minimum Gasteiger partial charge on any atom is -0.347 e. The van der Waals surface area contributed by atoms with Crippen molar-refractivity contribution in [2.75, 3.05) is 0 Å². The average molecular weight is 139 g/mol. The number of rotatable bonds is 1. The fraction of sp³-hybridized carbons (Fsp3) is 0. The standard InChI is InChI=1S/CH3N3O3.H3P/c2-1(5)3-4(6)7;/h(H3,2,3,5);1H3. The van der Waals surface area contributed by atoms with Crippen molar-refractivity contribution in [2.24, 2.45) is 5.73 Å². The summed E-state index contributed by atoms with van der Waals surface area (Å²) in [5.41, 5.74) is 5.47. The van der Waals surface area contributed by atoms with E-state index in [0.717, 1.165) is 0 Å². The van der Waals surface area contributed by atoms with Crippen molar-refractivity contribution in [2.45, 2.75) is 0 Å². The summed E-state index contributed by atoms with van der Waals surface area (Å²) in [6.07, 6.45) is 0. The van der Waals surface area contributed by atoms with Gasteiger partial charge in [-0.25, -0.2) is 14.9 Å². The number of nitro groups is 1. The Hall–Kier alpha value is -0.900. The Morgan fingerprint density at radius 2 is 2.12 bits per heavy atom. The molecule has 2 amide bonds. The van der Waals surface area contributed by atoms with Gasteiger partial charge in [0.25, 0.3) is 0 Å². The monoisotopic (exact) mass is 139 g/mol. The van der Waals surface area contributed by atoms with E-state index in [1.54, 1.807) is 0 Å². The van der Waals surface area contributed by atoms with Crippen LogP contribution in [-0.2, 0) is 0 Å². The Kier molecular flexibility index (Phi) is 5.41. The van der Waals surface area contributed by atoms with Crippen LogP contribution in [0.3, 0.4) is 0 Å². The Morgan fingerprint density at radius 3 is 2.12 bits per heavy atom. The molecule has 7 heteroatoms. The second-order valence-electron chi connectivity index (χ2n) is 0.733. The highest BCUT2D eigenvalue weighted by molar-refractivity contribution is 6.92. The molecule has 0 aromatic heterocycles. The molecule has 0 aliphatic carbocycles. The Bertz CT molecular complexity index is 90.7. The van der Waals surface area contributed by atoms with Crippen molar-refractivity contribution >= 4 is 15.9 Å². The van der Waals surface area contributed by atoms with Crippen LogP contribution in [-0.4, -0.2) is 11.1 Å². The van der Waals surface area contributed by atoms with Crippen molar-refractivity contribution in [3.63, 3.8) is 0 Å². The lowest BCUT2D eigenvalue weighted by Crippen LogP contribution is -2.33. The fourth-order valence-corrected chi connectivity index (χ4v) is 0.0900. The highest BCUT2D eigenvalue weighted by atomic mass is 31.0. The summed E-state index contributed by atoms with van der Waals surface area (Å²) in [6.45, 7) is 0. The number of urea groups is 1. The highest BCUT2D eigenvalue weighted by Gasteiger charge is 1.95. The normalized spacial score (nSPS) is 6.50. The maximum absolute atomic E-state index is 9.48. The zero-order valence-corrected chi connectivity index (χ0v) is 5.37. The molecule has 0 fully saturated rings. The van der Waals surface area contributed by atoms with Crippen molar-refractivity contribution in [3.05, 3.63) is 10.1 Å². The van der Waals surface area contributed by atoms with Crippen LogP contribution in [0.1, 0.15) is 0 Å². The number of hydrogen-bond acceptors (Lipinski definition) is 3. The number of nitrogens with two attached hydrogens (primary N) is 1. The van der Waals surface area contributed by atoms with E-state index in [4.69, 9.17) is 0 Å². The van der Waals surface area contributed by atoms with Gasteiger partial charge in [-0.05, 0) is 0 Å². The quantitative estimate of drug-likeness (QED) is 0.274. The van der Waals surface area contributed by atoms with Gasteiger partial charge in [0.2, 0.25) is 0 Å². The zero-order valence-electron chi connectivity index (χ0n) is 3.96. The van der Waals surface area contributed by atoms with E-state index < -0.39 is 11.1 Å². The van der Waals surface area contributed by atoms with Gasteiger partial charge in [-0.3, -0.25) is 0 Å². The number of hydrazine groups is 1. The SMILES string of the molecule is NC(=O)N[N+](=O)[O-].P. The predicted octanol–water partition coefficient (Wildman–Crippen LogP) is -1.10. The predicted molar refractivity (Wildman–Crippen MR) is 30.8 cm³/mol. The molecule has 0 spiro atoms. The minimum atomic E-state index is -1.16. The summed E-state index contributed by atoms with van der Waals surface area (Å²) in [6, 6.07) is -1.16.